The number of hydrogen-bond donors (Lipinski definition) is 1. The van der Waals surface area contributed by atoms with Gasteiger partial charge in [0.05, 0.1) is 0 Å². The molecule has 1 aliphatic heterocycles. The maximum Gasteiger partial charge on any atom is 0.124 e. The molecule has 1 atom stereocenters. The largest absolute Gasteiger partial charge is 0.490 e. The first-order valence-electron chi connectivity index (χ1n) is 7.38. The third-order valence-corrected chi connectivity index (χ3v) is 3.86. The van der Waals surface area contributed by atoms with Gasteiger partial charge in [-0.05, 0) is 39.4 Å². The highest BCUT2D eigenvalue weighted by Crippen LogP contribution is 2.27. The summed E-state index contributed by atoms with van der Waals surface area (Å²) in [6.07, 6.45) is 2.62. The summed E-state index contributed by atoms with van der Waals surface area (Å²) < 4.78 is 6.24. The Kier molecular flexibility index (Phi) is 5.23. The van der Waals surface area contributed by atoms with E-state index in [4.69, 9.17) is 4.74 Å². The fourth-order valence-electron chi connectivity index (χ4n) is 2.64. The molecule has 0 saturated carbocycles. The summed E-state index contributed by atoms with van der Waals surface area (Å²) in [5.74, 6) is 1.05. The maximum absolute atomic E-state index is 6.24. The molecule has 0 amide bonds. The lowest BCUT2D eigenvalue weighted by molar-refractivity contribution is 0.113. The van der Waals surface area contributed by atoms with Crippen LogP contribution in [0.2, 0.25) is 0 Å². The summed E-state index contributed by atoms with van der Waals surface area (Å²) in [6.45, 7) is 7.58. The number of likely N-dealkylation sites (tertiary alicyclic amines) is 1. The number of nitrogens with zero attached hydrogens (tertiary/aromatic N) is 1. The number of ether oxygens (including phenoxy) is 1. The molecule has 1 heterocycles. The number of piperidine rings is 1. The van der Waals surface area contributed by atoms with Gasteiger partial charge in [0, 0.05) is 24.7 Å². The van der Waals surface area contributed by atoms with Crippen molar-refractivity contribution < 1.29 is 4.74 Å². The van der Waals surface area contributed by atoms with Gasteiger partial charge < -0.3 is 15.0 Å². The molecule has 1 fully saturated rings. The van der Waals surface area contributed by atoms with Crippen molar-refractivity contribution >= 4 is 0 Å². The number of hydrogen-bond acceptors (Lipinski definition) is 3. The number of nitrogens with one attached hydrogen (secondary N) is 1. The minimum atomic E-state index is 0.340. The second kappa shape index (κ2) is 6.92. The Morgan fingerprint density at radius 3 is 2.68 bits per heavy atom. The highest BCUT2D eigenvalue weighted by Gasteiger charge is 2.20. The predicted molar refractivity (Wildman–Crippen MR) is 79.7 cm³/mol. The Hall–Kier alpha value is -1.06. The van der Waals surface area contributed by atoms with Crippen LogP contribution in [0, 0.1) is 0 Å². The third-order valence-electron chi connectivity index (χ3n) is 3.86. The molecule has 106 valence electrons. The molecule has 0 aliphatic carbocycles. The molecule has 1 unspecified atom stereocenters. The van der Waals surface area contributed by atoms with Crippen molar-refractivity contribution in [2.24, 2.45) is 0 Å². The van der Waals surface area contributed by atoms with Crippen molar-refractivity contribution in [1.29, 1.82) is 0 Å². The Labute approximate surface area is 116 Å². The first-order valence-corrected chi connectivity index (χ1v) is 7.38. The van der Waals surface area contributed by atoms with Crippen LogP contribution in [0.3, 0.4) is 0 Å². The van der Waals surface area contributed by atoms with Crippen LogP contribution in [0.1, 0.15) is 38.3 Å². The lowest BCUT2D eigenvalue weighted by atomic mass is 10.1. The average Bonchev–Trinajstić information content (AvgIpc) is 2.42. The molecule has 1 aliphatic rings. The van der Waals surface area contributed by atoms with Gasteiger partial charge in [0.2, 0.25) is 0 Å². The van der Waals surface area contributed by atoms with Crippen LogP contribution in [0.5, 0.6) is 5.75 Å². The minimum absolute atomic E-state index is 0.340. The number of para-hydroxylation sites is 1. The zero-order valence-electron chi connectivity index (χ0n) is 12.4. The van der Waals surface area contributed by atoms with E-state index in [1.165, 1.54) is 5.56 Å². The molecular formula is C16H26N2O. The first kappa shape index (κ1) is 14.4. The van der Waals surface area contributed by atoms with Crippen molar-refractivity contribution in [3.05, 3.63) is 29.8 Å². The summed E-state index contributed by atoms with van der Waals surface area (Å²) in [6, 6.07) is 8.75. The molecule has 1 aromatic rings. The Balaban J connectivity index is 2.03. The van der Waals surface area contributed by atoms with Crippen molar-refractivity contribution in [3.63, 3.8) is 0 Å². The lowest BCUT2D eigenvalue weighted by Gasteiger charge is -2.30. The van der Waals surface area contributed by atoms with E-state index in [-0.39, 0.29) is 0 Å². The minimum Gasteiger partial charge on any atom is -0.490 e. The standard InChI is InChI=1S/C16H26N2O/c1-4-17-13(2)15-7-5-6-8-16(15)19-14-9-11-18(3)12-10-14/h5-8,13-14,17H,4,9-12H2,1-3H3. The van der Waals surface area contributed by atoms with E-state index < -0.39 is 0 Å². The van der Waals surface area contributed by atoms with Gasteiger partial charge in [-0.15, -0.1) is 0 Å². The Morgan fingerprint density at radius 1 is 1.32 bits per heavy atom. The van der Waals surface area contributed by atoms with E-state index in [9.17, 15) is 0 Å². The molecule has 1 N–H and O–H groups in total. The molecule has 1 saturated heterocycles. The highest BCUT2D eigenvalue weighted by atomic mass is 16.5. The molecule has 19 heavy (non-hydrogen) atoms. The topological polar surface area (TPSA) is 24.5 Å². The Morgan fingerprint density at radius 2 is 2.00 bits per heavy atom. The number of benzene rings is 1. The van der Waals surface area contributed by atoms with Gasteiger partial charge in [0.1, 0.15) is 11.9 Å². The van der Waals surface area contributed by atoms with Crippen molar-refractivity contribution in [3.8, 4) is 5.75 Å². The van der Waals surface area contributed by atoms with E-state index in [0.29, 0.717) is 12.1 Å². The molecule has 0 spiro atoms. The monoisotopic (exact) mass is 262 g/mol. The molecule has 0 radical (unpaired) electrons. The zero-order valence-corrected chi connectivity index (χ0v) is 12.4. The first-order chi connectivity index (χ1) is 9.20. The zero-order chi connectivity index (χ0) is 13.7. The van der Waals surface area contributed by atoms with Gasteiger partial charge >= 0.3 is 0 Å². The van der Waals surface area contributed by atoms with E-state index in [1.807, 2.05) is 0 Å². The number of rotatable bonds is 5. The second-order valence-corrected chi connectivity index (χ2v) is 5.44. The fraction of sp³-hybridized carbons (Fsp3) is 0.625. The summed E-state index contributed by atoms with van der Waals surface area (Å²) in [5.41, 5.74) is 1.27. The fourth-order valence-corrected chi connectivity index (χ4v) is 2.64. The molecule has 0 bridgehead atoms. The average molecular weight is 262 g/mol. The van der Waals surface area contributed by atoms with Gasteiger partial charge in [0.25, 0.3) is 0 Å². The molecule has 2 rings (SSSR count). The lowest BCUT2D eigenvalue weighted by Crippen LogP contribution is -2.36. The van der Waals surface area contributed by atoms with Crippen LogP contribution in [-0.2, 0) is 0 Å². The Bertz CT molecular complexity index is 386. The van der Waals surface area contributed by atoms with Crippen LogP contribution in [0.25, 0.3) is 0 Å². The molecule has 1 aromatic carbocycles. The highest BCUT2D eigenvalue weighted by molar-refractivity contribution is 5.35. The summed E-state index contributed by atoms with van der Waals surface area (Å²) >= 11 is 0. The van der Waals surface area contributed by atoms with Crippen molar-refractivity contribution in [2.75, 3.05) is 26.7 Å². The molecule has 3 heteroatoms. The van der Waals surface area contributed by atoms with Crippen LogP contribution < -0.4 is 10.1 Å². The van der Waals surface area contributed by atoms with Crippen LogP contribution >= 0.6 is 0 Å². The van der Waals surface area contributed by atoms with Crippen molar-refractivity contribution in [2.45, 2.75) is 38.8 Å². The van der Waals surface area contributed by atoms with Gasteiger partial charge in [-0.25, -0.2) is 0 Å². The molecule has 0 aromatic heterocycles. The van der Waals surface area contributed by atoms with Crippen molar-refractivity contribution in [1.82, 2.24) is 10.2 Å². The van der Waals surface area contributed by atoms with E-state index in [1.54, 1.807) is 0 Å². The van der Waals surface area contributed by atoms with Crippen LogP contribution in [0.15, 0.2) is 24.3 Å². The summed E-state index contributed by atoms with van der Waals surface area (Å²) in [5, 5.41) is 3.46. The van der Waals surface area contributed by atoms with Crippen LogP contribution in [0.4, 0.5) is 0 Å². The van der Waals surface area contributed by atoms with E-state index >= 15 is 0 Å². The second-order valence-electron chi connectivity index (χ2n) is 5.44. The van der Waals surface area contributed by atoms with Gasteiger partial charge in [-0.3, -0.25) is 0 Å². The normalized spacial score (nSPS) is 19.3. The molecular weight excluding hydrogens is 236 g/mol. The van der Waals surface area contributed by atoms with Gasteiger partial charge in [-0.1, -0.05) is 25.1 Å². The van der Waals surface area contributed by atoms with E-state index in [2.05, 4.69) is 55.4 Å². The smallest absolute Gasteiger partial charge is 0.124 e. The maximum atomic E-state index is 6.24. The van der Waals surface area contributed by atoms with E-state index in [0.717, 1.165) is 38.2 Å². The van der Waals surface area contributed by atoms with Gasteiger partial charge in [0.15, 0.2) is 0 Å². The quantitative estimate of drug-likeness (QED) is 0.883. The van der Waals surface area contributed by atoms with Crippen LogP contribution in [-0.4, -0.2) is 37.7 Å². The SMILES string of the molecule is CCNC(C)c1ccccc1OC1CCN(C)CC1. The third kappa shape index (κ3) is 3.95. The van der Waals surface area contributed by atoms with Gasteiger partial charge in [-0.2, -0.15) is 0 Å². The summed E-state index contributed by atoms with van der Waals surface area (Å²) in [7, 11) is 2.18. The summed E-state index contributed by atoms with van der Waals surface area (Å²) in [4.78, 5) is 2.37. The molecule has 3 nitrogen and oxygen atoms in total. The predicted octanol–water partition coefficient (Wildman–Crippen LogP) is 2.83.